The van der Waals surface area contributed by atoms with Gasteiger partial charge in [-0.25, -0.2) is 0 Å². The van der Waals surface area contributed by atoms with Crippen LogP contribution >= 0.6 is 11.8 Å². The van der Waals surface area contributed by atoms with Crippen LogP contribution in [0.5, 0.6) is 0 Å². The highest BCUT2D eigenvalue weighted by molar-refractivity contribution is 7.99. The Balaban J connectivity index is 2.93. The van der Waals surface area contributed by atoms with E-state index in [9.17, 15) is 13.2 Å². The monoisotopic (exact) mass is 263 g/mol. The third-order valence-electron chi connectivity index (χ3n) is 2.19. The molecule has 2 N–H and O–H groups in total. The van der Waals surface area contributed by atoms with E-state index in [1.807, 2.05) is 0 Å². The largest absolute Gasteiger partial charge is 0.416 e. The van der Waals surface area contributed by atoms with Crippen molar-refractivity contribution < 1.29 is 13.2 Å². The van der Waals surface area contributed by atoms with E-state index in [1.54, 1.807) is 11.8 Å². The zero-order valence-corrected chi connectivity index (χ0v) is 10.7. The standard InChI is InChI=1S/C12H16F3NS/c1-8(2)7-17-10-3-4-11(12(13,14)15)9(5-10)6-16/h3-5,8H,6-7,16H2,1-2H3. The highest BCUT2D eigenvalue weighted by Gasteiger charge is 2.32. The summed E-state index contributed by atoms with van der Waals surface area (Å²) in [5.41, 5.74) is 4.89. The van der Waals surface area contributed by atoms with Crippen LogP contribution in [-0.4, -0.2) is 5.75 Å². The molecule has 5 heteroatoms. The molecule has 96 valence electrons. The Morgan fingerprint density at radius 2 is 1.94 bits per heavy atom. The highest BCUT2D eigenvalue weighted by Crippen LogP contribution is 2.34. The van der Waals surface area contributed by atoms with Crippen LogP contribution < -0.4 is 5.73 Å². The Bertz CT molecular complexity index is 375. The second kappa shape index (κ2) is 5.78. The molecular formula is C12H16F3NS. The third-order valence-corrected chi connectivity index (χ3v) is 3.61. The van der Waals surface area contributed by atoms with E-state index >= 15 is 0 Å². The average molecular weight is 263 g/mol. The molecule has 0 saturated carbocycles. The van der Waals surface area contributed by atoms with Crippen LogP contribution in [-0.2, 0) is 12.7 Å². The Hall–Kier alpha value is -0.680. The molecule has 0 bridgehead atoms. The first-order valence-electron chi connectivity index (χ1n) is 5.37. The number of hydrogen-bond acceptors (Lipinski definition) is 2. The molecular weight excluding hydrogens is 247 g/mol. The Kier molecular flexibility index (Phi) is 4.89. The second-order valence-corrected chi connectivity index (χ2v) is 5.32. The second-order valence-electron chi connectivity index (χ2n) is 4.23. The Morgan fingerprint density at radius 1 is 1.29 bits per heavy atom. The summed E-state index contributed by atoms with van der Waals surface area (Å²) in [5.74, 6) is 1.39. The molecule has 0 amide bonds. The van der Waals surface area contributed by atoms with Crippen molar-refractivity contribution in [3.8, 4) is 0 Å². The molecule has 17 heavy (non-hydrogen) atoms. The summed E-state index contributed by atoms with van der Waals surface area (Å²) in [6, 6.07) is 4.16. The summed E-state index contributed by atoms with van der Waals surface area (Å²) in [4.78, 5) is 0.840. The molecule has 0 unspecified atom stereocenters. The van der Waals surface area contributed by atoms with Crippen molar-refractivity contribution in [3.63, 3.8) is 0 Å². The van der Waals surface area contributed by atoms with Crippen LogP contribution in [0, 0.1) is 5.92 Å². The van der Waals surface area contributed by atoms with E-state index in [4.69, 9.17) is 5.73 Å². The lowest BCUT2D eigenvalue weighted by molar-refractivity contribution is -0.138. The van der Waals surface area contributed by atoms with E-state index in [1.165, 1.54) is 12.1 Å². The van der Waals surface area contributed by atoms with Crippen molar-refractivity contribution in [1.82, 2.24) is 0 Å². The van der Waals surface area contributed by atoms with E-state index in [-0.39, 0.29) is 12.1 Å². The molecule has 1 rings (SSSR count). The summed E-state index contributed by atoms with van der Waals surface area (Å²) < 4.78 is 37.9. The first-order chi connectivity index (χ1) is 7.84. The highest BCUT2D eigenvalue weighted by atomic mass is 32.2. The lowest BCUT2D eigenvalue weighted by Gasteiger charge is -2.13. The molecule has 0 radical (unpaired) electrons. The van der Waals surface area contributed by atoms with Crippen LogP contribution in [0.4, 0.5) is 13.2 Å². The molecule has 0 atom stereocenters. The van der Waals surface area contributed by atoms with Gasteiger partial charge in [0.1, 0.15) is 0 Å². The predicted molar refractivity (Wildman–Crippen MR) is 64.9 cm³/mol. The molecule has 0 heterocycles. The minimum absolute atomic E-state index is 0.0923. The first kappa shape index (κ1) is 14.4. The van der Waals surface area contributed by atoms with Gasteiger partial charge in [-0.2, -0.15) is 13.2 Å². The average Bonchev–Trinajstić information content (AvgIpc) is 2.24. The first-order valence-corrected chi connectivity index (χ1v) is 6.36. The van der Waals surface area contributed by atoms with Crippen molar-refractivity contribution in [1.29, 1.82) is 0 Å². The topological polar surface area (TPSA) is 26.0 Å². The van der Waals surface area contributed by atoms with Gasteiger partial charge in [-0.3, -0.25) is 0 Å². The number of benzene rings is 1. The van der Waals surface area contributed by atoms with E-state index in [0.29, 0.717) is 5.92 Å². The summed E-state index contributed by atoms with van der Waals surface area (Å²) in [6.45, 7) is 4.05. The molecule has 0 aliphatic heterocycles. The smallest absolute Gasteiger partial charge is 0.326 e. The summed E-state index contributed by atoms with van der Waals surface area (Å²) in [6.07, 6.45) is -4.32. The van der Waals surface area contributed by atoms with Gasteiger partial charge >= 0.3 is 6.18 Å². The maximum atomic E-state index is 12.6. The number of alkyl halides is 3. The van der Waals surface area contributed by atoms with Crippen LogP contribution in [0.2, 0.25) is 0 Å². The minimum Gasteiger partial charge on any atom is -0.326 e. The Labute approximate surface area is 104 Å². The fourth-order valence-electron chi connectivity index (χ4n) is 1.37. The van der Waals surface area contributed by atoms with Gasteiger partial charge in [0.05, 0.1) is 5.56 Å². The predicted octanol–water partition coefficient (Wildman–Crippen LogP) is 3.91. The fraction of sp³-hybridized carbons (Fsp3) is 0.500. The number of halogens is 3. The van der Waals surface area contributed by atoms with Gasteiger partial charge in [-0.15, -0.1) is 11.8 Å². The Morgan fingerprint density at radius 3 is 2.41 bits per heavy atom. The normalized spacial score (nSPS) is 12.2. The molecule has 1 aromatic rings. The molecule has 0 saturated heterocycles. The summed E-state index contributed by atoms with van der Waals surface area (Å²) >= 11 is 1.55. The van der Waals surface area contributed by atoms with Gasteiger partial charge in [0.15, 0.2) is 0 Å². The maximum Gasteiger partial charge on any atom is 0.416 e. The lowest BCUT2D eigenvalue weighted by atomic mass is 10.1. The molecule has 0 spiro atoms. The zero-order chi connectivity index (χ0) is 13.1. The van der Waals surface area contributed by atoms with Crippen molar-refractivity contribution in [2.75, 3.05) is 5.75 Å². The van der Waals surface area contributed by atoms with Gasteiger partial charge in [-0.05, 0) is 29.7 Å². The van der Waals surface area contributed by atoms with Gasteiger partial charge in [0.2, 0.25) is 0 Å². The fourth-order valence-corrected chi connectivity index (χ4v) is 2.28. The number of hydrogen-bond donors (Lipinski definition) is 1. The van der Waals surface area contributed by atoms with Gasteiger partial charge in [0.25, 0.3) is 0 Å². The zero-order valence-electron chi connectivity index (χ0n) is 9.84. The van der Waals surface area contributed by atoms with Crippen LogP contribution in [0.1, 0.15) is 25.0 Å². The summed E-state index contributed by atoms with van der Waals surface area (Å²) in [5, 5.41) is 0. The van der Waals surface area contributed by atoms with Crippen LogP contribution in [0.15, 0.2) is 23.1 Å². The van der Waals surface area contributed by atoms with Crippen molar-refractivity contribution in [2.45, 2.75) is 31.5 Å². The molecule has 0 fully saturated rings. The molecule has 0 aliphatic carbocycles. The number of nitrogens with two attached hydrogens (primary N) is 1. The van der Waals surface area contributed by atoms with Gasteiger partial charge < -0.3 is 5.73 Å². The van der Waals surface area contributed by atoms with Gasteiger partial charge in [-0.1, -0.05) is 13.8 Å². The third kappa shape index (κ3) is 4.24. The van der Waals surface area contributed by atoms with Crippen LogP contribution in [0.25, 0.3) is 0 Å². The quantitative estimate of drug-likeness (QED) is 0.833. The number of thioether (sulfide) groups is 1. The van der Waals surface area contributed by atoms with Crippen molar-refractivity contribution >= 4 is 11.8 Å². The van der Waals surface area contributed by atoms with E-state index < -0.39 is 11.7 Å². The van der Waals surface area contributed by atoms with Crippen molar-refractivity contribution in [2.24, 2.45) is 11.7 Å². The van der Waals surface area contributed by atoms with E-state index in [2.05, 4.69) is 13.8 Å². The van der Waals surface area contributed by atoms with Crippen LogP contribution in [0.3, 0.4) is 0 Å². The molecule has 0 aromatic heterocycles. The molecule has 1 nitrogen and oxygen atoms in total. The molecule has 1 aromatic carbocycles. The SMILES string of the molecule is CC(C)CSc1ccc(C(F)(F)F)c(CN)c1. The van der Waals surface area contributed by atoms with E-state index in [0.717, 1.165) is 16.7 Å². The molecule has 0 aliphatic rings. The minimum atomic E-state index is -4.32. The summed E-state index contributed by atoms with van der Waals surface area (Å²) in [7, 11) is 0. The maximum absolute atomic E-state index is 12.6. The lowest BCUT2D eigenvalue weighted by Crippen LogP contribution is -2.11. The van der Waals surface area contributed by atoms with Gasteiger partial charge in [0, 0.05) is 17.2 Å². The number of rotatable bonds is 4. The van der Waals surface area contributed by atoms with Crippen molar-refractivity contribution in [3.05, 3.63) is 29.3 Å².